The van der Waals surface area contributed by atoms with E-state index in [4.69, 9.17) is 16.3 Å². The van der Waals surface area contributed by atoms with Gasteiger partial charge in [-0.25, -0.2) is 0 Å². The average molecular weight is 470 g/mol. The largest absolute Gasteiger partial charge is 0.376 e. The molecule has 1 N–H and O–H groups in total. The van der Waals surface area contributed by atoms with Gasteiger partial charge in [0, 0.05) is 40.4 Å². The Morgan fingerprint density at radius 2 is 2.09 bits per heavy atom. The Kier molecular flexibility index (Phi) is 7.19. The van der Waals surface area contributed by atoms with E-state index in [9.17, 15) is 9.59 Å². The van der Waals surface area contributed by atoms with Crippen molar-refractivity contribution < 1.29 is 14.3 Å². The quantitative estimate of drug-likeness (QED) is 0.587. The molecule has 1 saturated heterocycles. The fraction of sp³-hybridized carbons (Fsp3) is 0.292. The molecule has 166 valence electrons. The third-order valence-electron chi connectivity index (χ3n) is 5.22. The van der Waals surface area contributed by atoms with Crippen LogP contribution in [-0.2, 0) is 11.3 Å². The molecular weight excluding hydrogens is 446 g/mol. The number of hydrogen-bond donors (Lipinski definition) is 1. The number of thiazole rings is 1. The molecule has 0 radical (unpaired) electrons. The Labute approximate surface area is 195 Å². The lowest BCUT2D eigenvalue weighted by Crippen LogP contribution is -2.32. The molecule has 1 aliphatic heterocycles. The Balaban J connectivity index is 1.56. The van der Waals surface area contributed by atoms with E-state index in [1.54, 1.807) is 24.3 Å². The van der Waals surface area contributed by atoms with Crippen molar-refractivity contribution in [2.75, 3.05) is 13.2 Å². The van der Waals surface area contributed by atoms with E-state index in [1.165, 1.54) is 11.3 Å². The minimum Gasteiger partial charge on any atom is -0.376 e. The fourth-order valence-corrected chi connectivity index (χ4v) is 4.67. The van der Waals surface area contributed by atoms with Crippen LogP contribution in [0.15, 0.2) is 59.7 Å². The molecule has 1 aliphatic rings. The van der Waals surface area contributed by atoms with Crippen molar-refractivity contribution in [1.82, 2.24) is 9.88 Å². The predicted octanol–water partition coefficient (Wildman–Crippen LogP) is 4.21. The smallest absolute Gasteiger partial charge is 0.279 e. The van der Waals surface area contributed by atoms with Crippen molar-refractivity contribution in [3.05, 3.63) is 86.1 Å². The molecule has 0 bridgehead atoms. The van der Waals surface area contributed by atoms with Crippen molar-refractivity contribution >= 4 is 34.8 Å². The summed E-state index contributed by atoms with van der Waals surface area (Å²) in [5.41, 5.74) is 1.89. The van der Waals surface area contributed by atoms with Crippen molar-refractivity contribution in [3.8, 4) is 0 Å². The van der Waals surface area contributed by atoms with Crippen LogP contribution in [0.4, 0.5) is 0 Å². The molecule has 0 saturated carbocycles. The van der Waals surface area contributed by atoms with Crippen LogP contribution >= 0.6 is 22.9 Å². The maximum atomic E-state index is 12.8. The number of carbonyl (C=O) groups is 2. The number of hydrogen-bond acceptors (Lipinski definition) is 4. The topological polar surface area (TPSA) is 72.7 Å². The van der Waals surface area contributed by atoms with Gasteiger partial charge in [-0.2, -0.15) is 4.99 Å². The van der Waals surface area contributed by atoms with Gasteiger partial charge >= 0.3 is 0 Å². The Morgan fingerprint density at radius 1 is 1.25 bits per heavy atom. The molecule has 4 rings (SSSR count). The van der Waals surface area contributed by atoms with Gasteiger partial charge in [0.05, 0.1) is 12.6 Å². The standard InChI is InChI=1S/C24H24ClN3O3S/c1-16-14-28(24(32-16)27-22(29)17-7-4-8-19(25)12-17)15-18-6-2-3-10-21(18)23(30)26-13-20-9-5-11-31-20/h2-4,6-8,10,12,14,20H,5,9,11,13,15H2,1H3,(H,26,30)/t20-/m1/s1. The first-order valence-corrected chi connectivity index (χ1v) is 11.7. The SMILES string of the molecule is Cc1cn(Cc2ccccc2C(=O)NC[C@H]2CCCO2)c(=NC(=O)c2cccc(Cl)c2)s1. The first kappa shape index (κ1) is 22.5. The van der Waals surface area contributed by atoms with Gasteiger partial charge in [0.2, 0.25) is 0 Å². The zero-order valence-electron chi connectivity index (χ0n) is 17.7. The zero-order chi connectivity index (χ0) is 22.5. The zero-order valence-corrected chi connectivity index (χ0v) is 19.3. The van der Waals surface area contributed by atoms with E-state index in [0.29, 0.717) is 34.0 Å². The summed E-state index contributed by atoms with van der Waals surface area (Å²) in [6, 6.07) is 14.2. The van der Waals surface area contributed by atoms with Crippen LogP contribution in [0.1, 0.15) is 44.0 Å². The molecule has 32 heavy (non-hydrogen) atoms. The van der Waals surface area contributed by atoms with E-state index in [1.807, 2.05) is 42.0 Å². The number of rotatable bonds is 6. The summed E-state index contributed by atoms with van der Waals surface area (Å²) < 4.78 is 7.49. The monoisotopic (exact) mass is 469 g/mol. The number of carbonyl (C=O) groups excluding carboxylic acids is 2. The van der Waals surface area contributed by atoms with Crippen molar-refractivity contribution in [2.45, 2.75) is 32.4 Å². The van der Waals surface area contributed by atoms with Gasteiger partial charge in [0.15, 0.2) is 4.80 Å². The lowest BCUT2D eigenvalue weighted by atomic mass is 10.1. The third kappa shape index (κ3) is 5.54. The number of aryl methyl sites for hydroxylation is 1. The highest BCUT2D eigenvalue weighted by Crippen LogP contribution is 2.15. The normalized spacial score (nSPS) is 16.3. The minimum absolute atomic E-state index is 0.0860. The first-order valence-electron chi connectivity index (χ1n) is 10.5. The molecule has 2 heterocycles. The van der Waals surface area contributed by atoms with E-state index in [-0.39, 0.29) is 17.9 Å². The number of nitrogens with zero attached hydrogens (tertiary/aromatic N) is 2. The maximum absolute atomic E-state index is 12.8. The fourth-order valence-electron chi connectivity index (χ4n) is 3.65. The molecular formula is C24H24ClN3O3S. The number of aromatic nitrogens is 1. The summed E-state index contributed by atoms with van der Waals surface area (Å²) in [4.78, 5) is 31.4. The second-order valence-corrected chi connectivity index (χ2v) is 9.33. The van der Waals surface area contributed by atoms with Gasteiger partial charge < -0.3 is 14.6 Å². The third-order valence-corrected chi connectivity index (χ3v) is 6.39. The molecule has 2 amide bonds. The second kappa shape index (κ2) is 10.3. The number of benzene rings is 2. The predicted molar refractivity (Wildman–Crippen MR) is 125 cm³/mol. The van der Waals surface area contributed by atoms with Gasteiger partial charge in [0.25, 0.3) is 11.8 Å². The highest BCUT2D eigenvalue weighted by atomic mass is 35.5. The van der Waals surface area contributed by atoms with Gasteiger partial charge in [0.1, 0.15) is 0 Å². The van der Waals surface area contributed by atoms with Gasteiger partial charge in [-0.3, -0.25) is 9.59 Å². The van der Waals surface area contributed by atoms with Gasteiger partial charge in [-0.15, -0.1) is 11.3 Å². The molecule has 1 fully saturated rings. The molecule has 8 heteroatoms. The van der Waals surface area contributed by atoms with Crippen LogP contribution in [0.25, 0.3) is 0 Å². The summed E-state index contributed by atoms with van der Waals surface area (Å²) in [5, 5.41) is 3.48. The van der Waals surface area contributed by atoms with Gasteiger partial charge in [-0.1, -0.05) is 35.9 Å². The Morgan fingerprint density at radius 3 is 2.88 bits per heavy atom. The highest BCUT2D eigenvalue weighted by molar-refractivity contribution is 7.09. The molecule has 2 aromatic carbocycles. The molecule has 0 spiro atoms. The number of halogens is 1. The van der Waals surface area contributed by atoms with Crippen molar-refractivity contribution in [1.29, 1.82) is 0 Å². The summed E-state index contributed by atoms with van der Waals surface area (Å²) in [7, 11) is 0. The van der Waals surface area contributed by atoms with Crippen LogP contribution in [0.2, 0.25) is 5.02 Å². The van der Waals surface area contributed by atoms with E-state index < -0.39 is 0 Å². The summed E-state index contributed by atoms with van der Waals surface area (Å²) in [6.07, 6.45) is 4.03. The molecule has 0 unspecified atom stereocenters. The number of nitrogens with one attached hydrogen (secondary N) is 1. The highest BCUT2D eigenvalue weighted by Gasteiger charge is 2.18. The van der Waals surface area contributed by atoms with Crippen LogP contribution < -0.4 is 10.1 Å². The molecule has 0 aliphatic carbocycles. The second-order valence-electron chi connectivity index (χ2n) is 7.68. The maximum Gasteiger partial charge on any atom is 0.279 e. The Hall–Kier alpha value is -2.74. The van der Waals surface area contributed by atoms with Crippen LogP contribution in [0.5, 0.6) is 0 Å². The van der Waals surface area contributed by atoms with Crippen LogP contribution in [0, 0.1) is 6.92 Å². The van der Waals surface area contributed by atoms with Gasteiger partial charge in [-0.05, 0) is 49.6 Å². The lowest BCUT2D eigenvalue weighted by Gasteiger charge is -2.13. The van der Waals surface area contributed by atoms with Crippen LogP contribution in [0.3, 0.4) is 0 Å². The number of amides is 2. The first-order chi connectivity index (χ1) is 15.5. The molecule has 1 aromatic heterocycles. The summed E-state index contributed by atoms with van der Waals surface area (Å²) in [6.45, 7) is 3.65. The average Bonchev–Trinajstić information content (AvgIpc) is 3.42. The molecule has 6 nitrogen and oxygen atoms in total. The van der Waals surface area contributed by atoms with Crippen molar-refractivity contribution in [3.63, 3.8) is 0 Å². The summed E-state index contributed by atoms with van der Waals surface area (Å²) in [5.74, 6) is -0.483. The lowest BCUT2D eigenvalue weighted by molar-refractivity contribution is 0.0856. The number of ether oxygens (including phenoxy) is 1. The minimum atomic E-state index is -0.356. The summed E-state index contributed by atoms with van der Waals surface area (Å²) >= 11 is 7.43. The van der Waals surface area contributed by atoms with E-state index in [2.05, 4.69) is 10.3 Å². The molecule has 3 aromatic rings. The van der Waals surface area contributed by atoms with E-state index >= 15 is 0 Å². The van der Waals surface area contributed by atoms with E-state index in [0.717, 1.165) is 29.9 Å². The Bertz CT molecular complexity index is 1190. The molecule has 1 atom stereocenters. The van der Waals surface area contributed by atoms with Crippen LogP contribution in [-0.4, -0.2) is 35.6 Å². The van der Waals surface area contributed by atoms with Crippen molar-refractivity contribution in [2.24, 2.45) is 4.99 Å².